The van der Waals surface area contributed by atoms with Crippen molar-refractivity contribution in [3.63, 3.8) is 0 Å². The van der Waals surface area contributed by atoms with Gasteiger partial charge >= 0.3 is 12.1 Å². The first-order chi connectivity index (χ1) is 14.7. The zero-order valence-corrected chi connectivity index (χ0v) is 17.0. The van der Waals surface area contributed by atoms with E-state index < -0.39 is 17.7 Å². The molecule has 1 heterocycles. The molecule has 4 nitrogen and oxygen atoms in total. The van der Waals surface area contributed by atoms with Gasteiger partial charge in [-0.3, -0.25) is 9.69 Å². The summed E-state index contributed by atoms with van der Waals surface area (Å²) < 4.78 is 38.3. The lowest BCUT2D eigenvalue weighted by molar-refractivity contribution is -0.137. The Morgan fingerprint density at radius 3 is 2.23 bits per heavy atom. The molecule has 1 saturated heterocycles. The Balaban J connectivity index is 1.41. The van der Waals surface area contributed by atoms with Gasteiger partial charge in [-0.05, 0) is 67.6 Å². The third-order valence-corrected chi connectivity index (χ3v) is 6.51. The maximum atomic E-state index is 13.2. The number of benzene rings is 2. The highest BCUT2D eigenvalue weighted by Gasteiger charge is 2.47. The number of halogens is 3. The molecule has 1 aliphatic heterocycles. The number of aromatic carboxylic acids is 1. The molecule has 1 N–H and O–H groups in total. The molecule has 1 saturated carbocycles. The van der Waals surface area contributed by atoms with Gasteiger partial charge < -0.3 is 5.11 Å². The molecule has 0 radical (unpaired) electrons. The van der Waals surface area contributed by atoms with E-state index in [-0.39, 0.29) is 22.8 Å². The molecule has 31 heavy (non-hydrogen) atoms. The van der Waals surface area contributed by atoms with Crippen molar-refractivity contribution in [2.75, 3.05) is 6.54 Å². The van der Waals surface area contributed by atoms with Gasteiger partial charge in [0.1, 0.15) is 0 Å². The average molecular weight is 431 g/mol. The van der Waals surface area contributed by atoms with E-state index in [0.29, 0.717) is 13.0 Å². The molecule has 1 aliphatic carbocycles. The van der Waals surface area contributed by atoms with E-state index in [2.05, 4.69) is 4.90 Å². The predicted octanol–water partition coefficient (Wildman–Crippen LogP) is 5.06. The van der Waals surface area contributed by atoms with Crippen molar-refractivity contribution >= 4 is 11.8 Å². The molecule has 7 heteroatoms. The Labute approximate surface area is 178 Å². The fourth-order valence-electron chi connectivity index (χ4n) is 4.55. The molecule has 1 atom stereocenters. The molecular weight excluding hydrogens is 407 g/mol. The van der Waals surface area contributed by atoms with Crippen LogP contribution < -0.4 is 0 Å². The lowest BCUT2D eigenvalue weighted by Gasteiger charge is -2.25. The Morgan fingerprint density at radius 2 is 1.68 bits per heavy atom. The molecule has 0 amide bonds. The molecular formula is C24H24F3NO3. The zero-order chi connectivity index (χ0) is 22.2. The van der Waals surface area contributed by atoms with Crippen LogP contribution in [0, 0.1) is 0 Å². The first kappa shape index (κ1) is 21.6. The van der Waals surface area contributed by atoms with Crippen molar-refractivity contribution in [2.45, 2.75) is 56.3 Å². The Bertz CT molecular complexity index is 963. The predicted molar refractivity (Wildman–Crippen MR) is 109 cm³/mol. The van der Waals surface area contributed by atoms with E-state index in [9.17, 15) is 22.8 Å². The minimum Gasteiger partial charge on any atom is -0.478 e. The summed E-state index contributed by atoms with van der Waals surface area (Å²) in [6, 6.07) is 11.7. The van der Waals surface area contributed by atoms with Crippen LogP contribution in [0.15, 0.2) is 48.5 Å². The van der Waals surface area contributed by atoms with Crippen molar-refractivity contribution in [2.24, 2.45) is 0 Å². The lowest BCUT2D eigenvalue weighted by Crippen LogP contribution is -2.37. The number of carbonyl (C=O) groups excluding carboxylic acids is 1. The van der Waals surface area contributed by atoms with Crippen LogP contribution in [0.4, 0.5) is 13.2 Å². The standard InChI is InChI=1S/C24H24F3NO3/c25-24(26,27)19-7-3-16(4-8-19)15-28-13-1-2-20(28)21(29)14-23(11-12-23)18-9-5-17(6-10-18)22(30)31/h3-10,20H,1-2,11-15H2,(H,30,31)/t20-/m1/s1. The molecule has 0 spiro atoms. The van der Waals surface area contributed by atoms with Crippen LogP contribution in [0.3, 0.4) is 0 Å². The number of carbonyl (C=O) groups is 2. The minimum absolute atomic E-state index is 0.157. The maximum Gasteiger partial charge on any atom is 0.416 e. The molecule has 0 aromatic heterocycles. The fourth-order valence-corrected chi connectivity index (χ4v) is 4.55. The number of carboxylic acid groups (broad SMARTS) is 1. The molecule has 2 aromatic rings. The number of carboxylic acids is 1. The Hall–Kier alpha value is -2.67. The summed E-state index contributed by atoms with van der Waals surface area (Å²) in [5, 5.41) is 9.07. The van der Waals surface area contributed by atoms with Crippen LogP contribution in [-0.2, 0) is 22.9 Å². The molecule has 2 aliphatic rings. The number of likely N-dealkylation sites (tertiary alicyclic amines) is 1. The lowest BCUT2D eigenvalue weighted by atomic mass is 9.87. The monoisotopic (exact) mass is 431 g/mol. The summed E-state index contributed by atoms with van der Waals surface area (Å²) in [5.41, 5.74) is 1.10. The van der Waals surface area contributed by atoms with Gasteiger partial charge in [0.2, 0.25) is 0 Å². The molecule has 2 aromatic carbocycles. The number of ketones is 1. The van der Waals surface area contributed by atoms with Crippen LogP contribution in [0.2, 0.25) is 0 Å². The minimum atomic E-state index is -4.36. The quantitative estimate of drug-likeness (QED) is 0.666. The normalized spacial score (nSPS) is 20.5. The van der Waals surface area contributed by atoms with Gasteiger partial charge in [0.25, 0.3) is 0 Å². The van der Waals surface area contributed by atoms with Crippen molar-refractivity contribution in [3.8, 4) is 0 Å². The summed E-state index contributed by atoms with van der Waals surface area (Å²) >= 11 is 0. The zero-order valence-electron chi connectivity index (χ0n) is 17.0. The SMILES string of the molecule is O=C(O)c1ccc(C2(CC(=O)[C@H]3CCCN3Cc3ccc(C(F)(F)F)cc3)CC2)cc1. The van der Waals surface area contributed by atoms with E-state index in [4.69, 9.17) is 5.11 Å². The van der Waals surface area contributed by atoms with Gasteiger partial charge in [-0.15, -0.1) is 0 Å². The highest BCUT2D eigenvalue weighted by Crippen LogP contribution is 2.51. The van der Waals surface area contributed by atoms with Crippen molar-refractivity contribution < 1.29 is 27.9 Å². The summed E-state index contributed by atoms with van der Waals surface area (Å²) in [6.07, 6.45) is -0.502. The second-order valence-corrected chi connectivity index (χ2v) is 8.63. The topological polar surface area (TPSA) is 57.6 Å². The van der Waals surface area contributed by atoms with Gasteiger partial charge in [0, 0.05) is 18.4 Å². The smallest absolute Gasteiger partial charge is 0.416 e. The fraction of sp³-hybridized carbons (Fsp3) is 0.417. The summed E-state index contributed by atoms with van der Waals surface area (Å²) in [6.45, 7) is 1.20. The van der Waals surface area contributed by atoms with E-state index in [1.165, 1.54) is 12.1 Å². The molecule has 0 bridgehead atoms. The molecule has 2 fully saturated rings. The van der Waals surface area contributed by atoms with Crippen molar-refractivity contribution in [1.29, 1.82) is 0 Å². The summed E-state index contributed by atoms with van der Waals surface area (Å²) in [4.78, 5) is 26.3. The number of alkyl halides is 3. The number of rotatable bonds is 7. The van der Waals surface area contributed by atoms with E-state index in [0.717, 1.165) is 55.5 Å². The van der Waals surface area contributed by atoms with Crippen LogP contribution in [0.25, 0.3) is 0 Å². The third-order valence-electron chi connectivity index (χ3n) is 6.51. The Morgan fingerprint density at radius 1 is 1.03 bits per heavy atom. The number of hydrogen-bond acceptors (Lipinski definition) is 3. The third kappa shape index (κ3) is 4.66. The maximum absolute atomic E-state index is 13.2. The van der Waals surface area contributed by atoms with Crippen LogP contribution in [0.5, 0.6) is 0 Å². The molecule has 4 rings (SSSR count). The summed E-state index contributed by atoms with van der Waals surface area (Å²) in [7, 11) is 0. The van der Waals surface area contributed by atoms with Crippen molar-refractivity contribution in [1.82, 2.24) is 4.90 Å². The van der Waals surface area contributed by atoms with Gasteiger partial charge in [0.15, 0.2) is 5.78 Å². The highest BCUT2D eigenvalue weighted by atomic mass is 19.4. The second-order valence-electron chi connectivity index (χ2n) is 8.63. The van der Waals surface area contributed by atoms with Gasteiger partial charge in [-0.1, -0.05) is 24.3 Å². The first-order valence-corrected chi connectivity index (χ1v) is 10.4. The van der Waals surface area contributed by atoms with Crippen LogP contribution in [-0.4, -0.2) is 34.3 Å². The van der Waals surface area contributed by atoms with Crippen molar-refractivity contribution in [3.05, 3.63) is 70.8 Å². The number of Topliss-reactive ketones (excluding diaryl/α,β-unsaturated/α-hetero) is 1. The van der Waals surface area contributed by atoms with Crippen LogP contribution >= 0.6 is 0 Å². The number of hydrogen-bond donors (Lipinski definition) is 1. The van der Waals surface area contributed by atoms with Crippen LogP contribution in [0.1, 0.15) is 59.2 Å². The Kier molecular flexibility index (Phi) is 5.64. The average Bonchev–Trinajstić information content (AvgIpc) is 3.36. The highest BCUT2D eigenvalue weighted by molar-refractivity contribution is 5.88. The molecule has 0 unspecified atom stereocenters. The number of nitrogens with zero attached hydrogens (tertiary/aromatic N) is 1. The van der Waals surface area contributed by atoms with E-state index in [1.54, 1.807) is 24.3 Å². The van der Waals surface area contributed by atoms with E-state index >= 15 is 0 Å². The first-order valence-electron chi connectivity index (χ1n) is 10.4. The largest absolute Gasteiger partial charge is 0.478 e. The van der Waals surface area contributed by atoms with Gasteiger partial charge in [0.05, 0.1) is 17.2 Å². The van der Waals surface area contributed by atoms with Gasteiger partial charge in [-0.25, -0.2) is 4.79 Å². The van der Waals surface area contributed by atoms with E-state index in [1.807, 2.05) is 0 Å². The summed E-state index contributed by atoms with van der Waals surface area (Å²) in [5.74, 6) is -0.818. The van der Waals surface area contributed by atoms with Gasteiger partial charge in [-0.2, -0.15) is 13.2 Å². The molecule has 164 valence electrons. The second kappa shape index (κ2) is 8.11.